The van der Waals surface area contributed by atoms with Crippen molar-refractivity contribution in [2.24, 2.45) is 0 Å². The molecule has 1 aliphatic rings. The van der Waals surface area contributed by atoms with E-state index in [9.17, 15) is 10.4 Å². The molecule has 3 aromatic rings. The Labute approximate surface area is 169 Å². The molecule has 4 rings (SSSR count). The summed E-state index contributed by atoms with van der Waals surface area (Å²) in [5, 5.41) is 26.9. The first-order chi connectivity index (χ1) is 13.8. The minimum absolute atomic E-state index is 0.165. The zero-order valence-corrected chi connectivity index (χ0v) is 17.0. The van der Waals surface area contributed by atoms with Gasteiger partial charge in [0, 0.05) is 24.8 Å². The number of fused-ring (bicyclic) bond motifs is 1. The number of aryl methyl sites for hydroxylation is 1. The van der Waals surface area contributed by atoms with E-state index in [-0.39, 0.29) is 18.1 Å². The number of aliphatic hydroxyl groups excluding tert-OH is 1. The Morgan fingerprint density at radius 2 is 2.10 bits per heavy atom. The number of nitrogens with one attached hydrogen (secondary N) is 1. The first kappa shape index (κ1) is 19.2. The van der Waals surface area contributed by atoms with E-state index in [0.29, 0.717) is 30.2 Å². The van der Waals surface area contributed by atoms with Crippen LogP contribution in [0.25, 0.3) is 11.0 Å². The van der Waals surface area contributed by atoms with Crippen molar-refractivity contribution in [3.05, 3.63) is 40.7 Å². The van der Waals surface area contributed by atoms with Crippen molar-refractivity contribution in [1.29, 1.82) is 5.26 Å². The molecule has 0 spiro atoms. The molecule has 2 aromatic heterocycles. The van der Waals surface area contributed by atoms with Gasteiger partial charge in [0.05, 0.1) is 23.1 Å². The molecule has 0 aliphatic carbocycles. The largest absolute Gasteiger partial charge is 0.487 e. The van der Waals surface area contributed by atoms with E-state index in [4.69, 9.17) is 4.74 Å². The van der Waals surface area contributed by atoms with Crippen molar-refractivity contribution < 1.29 is 9.84 Å². The number of aromatic nitrogens is 4. The van der Waals surface area contributed by atoms with Gasteiger partial charge < -0.3 is 14.7 Å². The average molecular weight is 392 g/mol. The number of nitriles is 1. The highest BCUT2D eigenvalue weighted by atomic mass is 16.5. The number of anilines is 1. The van der Waals surface area contributed by atoms with Crippen LogP contribution in [-0.4, -0.2) is 44.5 Å². The van der Waals surface area contributed by atoms with Gasteiger partial charge in [-0.15, -0.1) is 0 Å². The summed E-state index contributed by atoms with van der Waals surface area (Å²) in [5.41, 5.74) is 3.72. The molecule has 29 heavy (non-hydrogen) atoms. The first-order valence-corrected chi connectivity index (χ1v) is 9.57. The van der Waals surface area contributed by atoms with Gasteiger partial charge in [0.25, 0.3) is 0 Å². The minimum Gasteiger partial charge on any atom is -0.487 e. The molecular formula is C21H24N6O2. The fourth-order valence-corrected chi connectivity index (χ4v) is 3.38. The zero-order valence-electron chi connectivity index (χ0n) is 17.0. The van der Waals surface area contributed by atoms with E-state index >= 15 is 0 Å². The Morgan fingerprint density at radius 3 is 2.76 bits per heavy atom. The maximum atomic E-state index is 9.46. The molecule has 1 saturated heterocycles. The second kappa shape index (κ2) is 7.01. The molecule has 2 N–H and O–H groups in total. The number of β-amino-alcohol motifs (C(OH)–C–C–N with tert-alkyl or cyclic N) is 1. The molecule has 1 aromatic carbocycles. The van der Waals surface area contributed by atoms with Gasteiger partial charge in [0.1, 0.15) is 18.1 Å². The topological polar surface area (TPSA) is 111 Å². The van der Waals surface area contributed by atoms with Crippen molar-refractivity contribution >= 4 is 17.0 Å². The van der Waals surface area contributed by atoms with Crippen LogP contribution in [-0.2, 0) is 12.0 Å². The predicted molar refractivity (Wildman–Crippen MR) is 109 cm³/mol. The van der Waals surface area contributed by atoms with Gasteiger partial charge in [-0.2, -0.15) is 15.3 Å². The number of H-pyrrole nitrogens is 1. The number of aromatic amines is 1. The smallest absolute Gasteiger partial charge is 0.227 e. The number of ether oxygens (including phenoxy) is 1. The molecule has 0 unspecified atom stereocenters. The molecule has 0 atom stereocenters. The van der Waals surface area contributed by atoms with Crippen LogP contribution in [0.1, 0.15) is 43.2 Å². The number of nitrogens with zero attached hydrogens (tertiary/aromatic N) is 5. The Hall–Kier alpha value is -3.18. The van der Waals surface area contributed by atoms with Gasteiger partial charge in [-0.3, -0.25) is 5.10 Å². The number of aliphatic hydroxyl groups is 1. The van der Waals surface area contributed by atoms with Crippen molar-refractivity contribution in [2.75, 3.05) is 18.0 Å². The van der Waals surface area contributed by atoms with Crippen molar-refractivity contribution in [2.45, 2.75) is 45.8 Å². The third kappa shape index (κ3) is 3.61. The van der Waals surface area contributed by atoms with E-state index in [0.717, 1.165) is 28.0 Å². The molecule has 0 radical (unpaired) electrons. The number of hydrogen-bond acceptors (Lipinski definition) is 7. The van der Waals surface area contributed by atoms with Crippen LogP contribution in [0.5, 0.6) is 5.75 Å². The molecular weight excluding hydrogens is 368 g/mol. The van der Waals surface area contributed by atoms with E-state index in [1.807, 2.05) is 24.0 Å². The summed E-state index contributed by atoms with van der Waals surface area (Å²) in [4.78, 5) is 10.8. The molecule has 8 nitrogen and oxygen atoms in total. The number of hydrogen-bond donors (Lipinski definition) is 2. The maximum absolute atomic E-state index is 9.46. The molecule has 8 heteroatoms. The van der Waals surface area contributed by atoms with Crippen molar-refractivity contribution in [3.63, 3.8) is 0 Å². The quantitative estimate of drug-likeness (QED) is 0.702. The van der Waals surface area contributed by atoms with Crippen LogP contribution >= 0.6 is 0 Å². The summed E-state index contributed by atoms with van der Waals surface area (Å²) in [6.07, 6.45) is 1.42. The summed E-state index contributed by atoms with van der Waals surface area (Å²) >= 11 is 0. The third-order valence-electron chi connectivity index (χ3n) is 5.15. The molecule has 3 heterocycles. The fourth-order valence-electron chi connectivity index (χ4n) is 3.38. The number of rotatable bonds is 4. The van der Waals surface area contributed by atoms with Crippen LogP contribution in [0.15, 0.2) is 18.3 Å². The highest BCUT2D eigenvalue weighted by molar-refractivity contribution is 5.77. The van der Waals surface area contributed by atoms with Crippen LogP contribution in [0.3, 0.4) is 0 Å². The van der Waals surface area contributed by atoms with Gasteiger partial charge in [-0.1, -0.05) is 20.8 Å². The summed E-state index contributed by atoms with van der Waals surface area (Å²) in [7, 11) is 0. The van der Waals surface area contributed by atoms with Gasteiger partial charge in [-0.05, 0) is 30.0 Å². The Kier molecular flexibility index (Phi) is 4.63. The van der Waals surface area contributed by atoms with E-state index in [1.54, 1.807) is 6.20 Å². The standard InChI is InChI=1S/C21H24N6O2/c1-12-5-18(16(21(2,3)4)6-13(12)7-22)29-11-17-15-8-23-20(24-19(15)26-25-17)27-9-14(28)10-27/h5-6,8,14,28H,9-11H2,1-4H3,(H,23,24,25,26). The SMILES string of the molecule is Cc1cc(OCc2n[nH]c3nc(N4CC(O)C4)ncc23)c(C(C)(C)C)cc1C#N. The minimum atomic E-state index is -0.312. The lowest BCUT2D eigenvalue weighted by atomic mass is 9.84. The fraction of sp³-hybridized carbons (Fsp3) is 0.429. The lowest BCUT2D eigenvalue weighted by Crippen LogP contribution is -2.51. The molecule has 1 aliphatic heterocycles. The van der Waals surface area contributed by atoms with Crippen LogP contribution in [0.4, 0.5) is 5.95 Å². The van der Waals surface area contributed by atoms with Crippen LogP contribution in [0, 0.1) is 18.3 Å². The highest BCUT2D eigenvalue weighted by Gasteiger charge is 2.27. The summed E-state index contributed by atoms with van der Waals surface area (Å²) in [5.74, 6) is 1.33. The molecule has 0 saturated carbocycles. The van der Waals surface area contributed by atoms with Gasteiger partial charge in [0.2, 0.25) is 5.95 Å². The third-order valence-corrected chi connectivity index (χ3v) is 5.15. The molecule has 0 amide bonds. The van der Waals surface area contributed by atoms with E-state index < -0.39 is 0 Å². The maximum Gasteiger partial charge on any atom is 0.227 e. The van der Waals surface area contributed by atoms with Crippen LogP contribution < -0.4 is 9.64 Å². The second-order valence-electron chi connectivity index (χ2n) is 8.48. The van der Waals surface area contributed by atoms with Crippen molar-refractivity contribution in [3.8, 4) is 11.8 Å². The van der Waals surface area contributed by atoms with Gasteiger partial charge >= 0.3 is 0 Å². The highest BCUT2D eigenvalue weighted by Crippen LogP contribution is 2.34. The first-order valence-electron chi connectivity index (χ1n) is 9.57. The average Bonchev–Trinajstić information content (AvgIpc) is 3.05. The van der Waals surface area contributed by atoms with E-state index in [2.05, 4.69) is 47.0 Å². The van der Waals surface area contributed by atoms with Gasteiger partial charge in [-0.25, -0.2) is 4.98 Å². The van der Waals surface area contributed by atoms with E-state index in [1.165, 1.54) is 0 Å². The summed E-state index contributed by atoms with van der Waals surface area (Å²) in [6.45, 7) is 9.54. The Bertz CT molecular complexity index is 1100. The number of benzene rings is 1. The Morgan fingerprint density at radius 1 is 1.34 bits per heavy atom. The molecule has 1 fully saturated rings. The normalized spacial score (nSPS) is 14.7. The summed E-state index contributed by atoms with van der Waals surface area (Å²) < 4.78 is 6.13. The van der Waals surface area contributed by atoms with Crippen LogP contribution in [0.2, 0.25) is 0 Å². The summed E-state index contributed by atoms with van der Waals surface area (Å²) in [6, 6.07) is 6.07. The Balaban J connectivity index is 1.59. The zero-order chi connectivity index (χ0) is 20.8. The lowest BCUT2D eigenvalue weighted by molar-refractivity contribution is 0.140. The van der Waals surface area contributed by atoms with Crippen molar-refractivity contribution in [1.82, 2.24) is 20.2 Å². The lowest BCUT2D eigenvalue weighted by Gasteiger charge is -2.35. The monoisotopic (exact) mass is 392 g/mol. The predicted octanol–water partition coefficient (Wildman–Crippen LogP) is 2.59. The molecule has 150 valence electrons. The molecule has 0 bridgehead atoms. The van der Waals surface area contributed by atoms with Gasteiger partial charge in [0.15, 0.2) is 5.65 Å². The second-order valence-corrected chi connectivity index (χ2v) is 8.48.